The van der Waals surface area contributed by atoms with Gasteiger partial charge in [-0.25, -0.2) is 0 Å². The van der Waals surface area contributed by atoms with Gasteiger partial charge in [0.2, 0.25) is 0 Å². The van der Waals surface area contributed by atoms with E-state index in [9.17, 15) is 4.79 Å². The molecule has 0 radical (unpaired) electrons. The van der Waals surface area contributed by atoms with E-state index in [1.807, 2.05) is 0 Å². The molecule has 2 rings (SSSR count). The van der Waals surface area contributed by atoms with Gasteiger partial charge in [0.25, 0.3) is 5.91 Å². The van der Waals surface area contributed by atoms with Crippen molar-refractivity contribution in [2.45, 2.75) is 6.42 Å². The Balaban J connectivity index is 0.00000220. The molecule has 4 nitrogen and oxygen atoms in total. The Morgan fingerprint density at radius 1 is 1.19 bits per heavy atom. The lowest BCUT2D eigenvalue weighted by atomic mass is 10.2. The number of nitrogens with zero attached hydrogens (tertiary/aromatic N) is 1. The number of nitrogens with one attached hydrogen (secondary N) is 2. The van der Waals surface area contributed by atoms with Crippen molar-refractivity contribution < 1.29 is 4.79 Å². The second-order valence-corrected chi connectivity index (χ2v) is 5.73. The van der Waals surface area contributed by atoms with Gasteiger partial charge in [-0.15, -0.1) is 12.4 Å². The van der Waals surface area contributed by atoms with Crippen LogP contribution in [0.25, 0.3) is 0 Å². The molecule has 1 heterocycles. The third-order valence-electron chi connectivity index (χ3n) is 3.27. The number of hydrogen-bond donors (Lipinski definition) is 2. The molecular weight excluding hydrogens is 333 g/mol. The van der Waals surface area contributed by atoms with Gasteiger partial charge in [-0.05, 0) is 31.2 Å². The summed E-state index contributed by atoms with van der Waals surface area (Å²) in [5.41, 5.74) is 0.504. The van der Waals surface area contributed by atoms with E-state index in [-0.39, 0.29) is 18.3 Å². The molecule has 1 aromatic rings. The highest BCUT2D eigenvalue weighted by Gasteiger charge is 2.10. The Labute approximate surface area is 141 Å². The summed E-state index contributed by atoms with van der Waals surface area (Å²) >= 11 is 11.8. The molecule has 1 aliphatic rings. The zero-order valence-electron chi connectivity index (χ0n) is 11.7. The summed E-state index contributed by atoms with van der Waals surface area (Å²) in [4.78, 5) is 14.3. The predicted octanol–water partition coefficient (Wildman–Crippen LogP) is 2.44. The molecular formula is C14H20Cl3N3O. The Morgan fingerprint density at radius 2 is 1.81 bits per heavy atom. The fraction of sp³-hybridized carbons (Fsp3) is 0.500. The van der Waals surface area contributed by atoms with Crippen molar-refractivity contribution in [3.05, 3.63) is 33.8 Å². The van der Waals surface area contributed by atoms with Gasteiger partial charge in [0.1, 0.15) is 0 Å². The van der Waals surface area contributed by atoms with Crippen LogP contribution in [0.15, 0.2) is 18.2 Å². The molecule has 0 aromatic heterocycles. The monoisotopic (exact) mass is 351 g/mol. The average Bonchev–Trinajstić information content (AvgIpc) is 2.43. The molecule has 0 spiro atoms. The summed E-state index contributed by atoms with van der Waals surface area (Å²) in [5, 5.41) is 7.16. The molecule has 2 N–H and O–H groups in total. The highest BCUT2D eigenvalue weighted by atomic mass is 35.5. The molecule has 0 saturated carbocycles. The van der Waals surface area contributed by atoms with Crippen LogP contribution in [0.4, 0.5) is 0 Å². The standard InChI is InChI=1S/C14H19Cl2N3O.ClH/c15-12-8-11(9-13(16)10-12)14(20)18-2-1-5-19-6-3-17-4-7-19;/h8-10,17H,1-7H2,(H,18,20);1H. The molecule has 0 atom stereocenters. The van der Waals surface area contributed by atoms with Crippen LogP contribution in [-0.2, 0) is 0 Å². The summed E-state index contributed by atoms with van der Waals surface area (Å²) in [6.07, 6.45) is 0.944. The number of benzene rings is 1. The third kappa shape index (κ3) is 6.41. The molecule has 1 fully saturated rings. The minimum Gasteiger partial charge on any atom is -0.352 e. The molecule has 7 heteroatoms. The second-order valence-electron chi connectivity index (χ2n) is 4.86. The normalized spacial score (nSPS) is 15.3. The van der Waals surface area contributed by atoms with E-state index in [1.54, 1.807) is 18.2 Å². The van der Waals surface area contributed by atoms with Gasteiger partial charge in [0.15, 0.2) is 0 Å². The van der Waals surface area contributed by atoms with Crippen LogP contribution >= 0.6 is 35.6 Å². The van der Waals surface area contributed by atoms with Gasteiger partial charge in [0.05, 0.1) is 0 Å². The first-order valence-electron chi connectivity index (χ1n) is 6.82. The summed E-state index contributed by atoms with van der Waals surface area (Å²) in [5.74, 6) is -0.130. The summed E-state index contributed by atoms with van der Waals surface area (Å²) in [6.45, 7) is 5.93. The van der Waals surface area contributed by atoms with Crippen LogP contribution < -0.4 is 10.6 Å². The Morgan fingerprint density at radius 3 is 2.43 bits per heavy atom. The van der Waals surface area contributed by atoms with Crippen molar-refractivity contribution >= 4 is 41.5 Å². The average molecular weight is 353 g/mol. The van der Waals surface area contributed by atoms with Crippen molar-refractivity contribution in [1.29, 1.82) is 0 Å². The van der Waals surface area contributed by atoms with Crippen LogP contribution in [0.5, 0.6) is 0 Å². The quantitative estimate of drug-likeness (QED) is 0.800. The van der Waals surface area contributed by atoms with Crippen LogP contribution in [0, 0.1) is 0 Å². The number of hydrogen-bond acceptors (Lipinski definition) is 3. The van der Waals surface area contributed by atoms with E-state index in [2.05, 4.69) is 15.5 Å². The minimum atomic E-state index is -0.130. The first-order valence-corrected chi connectivity index (χ1v) is 7.58. The number of halogens is 3. The first-order chi connectivity index (χ1) is 9.65. The molecule has 1 aliphatic heterocycles. The first kappa shape index (κ1) is 18.5. The second kappa shape index (κ2) is 9.49. The lowest BCUT2D eigenvalue weighted by Gasteiger charge is -2.27. The Bertz CT molecular complexity index is 445. The summed E-state index contributed by atoms with van der Waals surface area (Å²) in [7, 11) is 0. The zero-order chi connectivity index (χ0) is 14.4. The van der Waals surface area contributed by atoms with Gasteiger partial charge in [-0.3, -0.25) is 4.79 Å². The molecule has 21 heavy (non-hydrogen) atoms. The molecule has 1 aromatic carbocycles. The highest BCUT2D eigenvalue weighted by Crippen LogP contribution is 2.18. The lowest BCUT2D eigenvalue weighted by molar-refractivity contribution is 0.0951. The maximum atomic E-state index is 11.9. The molecule has 0 bridgehead atoms. The van der Waals surface area contributed by atoms with E-state index in [4.69, 9.17) is 23.2 Å². The van der Waals surface area contributed by atoms with Crippen LogP contribution in [0.3, 0.4) is 0 Å². The van der Waals surface area contributed by atoms with E-state index >= 15 is 0 Å². The van der Waals surface area contributed by atoms with Crippen molar-refractivity contribution in [1.82, 2.24) is 15.5 Å². The van der Waals surface area contributed by atoms with Gasteiger partial charge >= 0.3 is 0 Å². The zero-order valence-corrected chi connectivity index (χ0v) is 14.0. The Kier molecular flexibility index (Phi) is 8.37. The van der Waals surface area contributed by atoms with Gasteiger partial charge < -0.3 is 15.5 Å². The van der Waals surface area contributed by atoms with E-state index in [1.165, 1.54) is 0 Å². The number of amides is 1. The number of carbonyl (C=O) groups is 1. The third-order valence-corrected chi connectivity index (χ3v) is 3.71. The summed E-state index contributed by atoms with van der Waals surface area (Å²) < 4.78 is 0. The molecule has 0 unspecified atom stereocenters. The van der Waals surface area contributed by atoms with Crippen molar-refractivity contribution in [2.24, 2.45) is 0 Å². The fourth-order valence-corrected chi connectivity index (χ4v) is 2.75. The van der Waals surface area contributed by atoms with Crippen molar-refractivity contribution in [3.8, 4) is 0 Å². The predicted molar refractivity (Wildman–Crippen MR) is 90.0 cm³/mol. The molecule has 1 saturated heterocycles. The fourth-order valence-electron chi connectivity index (χ4n) is 2.23. The lowest BCUT2D eigenvalue weighted by Crippen LogP contribution is -2.44. The number of piperazine rings is 1. The number of carbonyl (C=O) groups excluding carboxylic acids is 1. The maximum absolute atomic E-state index is 11.9. The van der Waals surface area contributed by atoms with Crippen molar-refractivity contribution in [3.63, 3.8) is 0 Å². The van der Waals surface area contributed by atoms with Gasteiger partial charge in [-0.2, -0.15) is 0 Å². The SMILES string of the molecule is Cl.O=C(NCCCN1CCNCC1)c1cc(Cl)cc(Cl)c1. The largest absolute Gasteiger partial charge is 0.352 e. The van der Waals surface area contributed by atoms with Gasteiger partial charge in [-0.1, -0.05) is 23.2 Å². The van der Waals surface area contributed by atoms with E-state index in [0.717, 1.165) is 39.1 Å². The maximum Gasteiger partial charge on any atom is 0.251 e. The van der Waals surface area contributed by atoms with E-state index in [0.29, 0.717) is 22.2 Å². The smallest absolute Gasteiger partial charge is 0.251 e. The summed E-state index contributed by atoms with van der Waals surface area (Å²) in [6, 6.07) is 4.86. The Hall–Kier alpha value is -0.520. The highest BCUT2D eigenvalue weighted by molar-refractivity contribution is 6.35. The van der Waals surface area contributed by atoms with Crippen LogP contribution in [0.2, 0.25) is 10.0 Å². The van der Waals surface area contributed by atoms with Crippen molar-refractivity contribution in [2.75, 3.05) is 39.3 Å². The molecule has 0 aliphatic carbocycles. The minimum absolute atomic E-state index is 0. The van der Waals surface area contributed by atoms with E-state index < -0.39 is 0 Å². The molecule has 118 valence electrons. The topological polar surface area (TPSA) is 44.4 Å². The van der Waals surface area contributed by atoms with Crippen LogP contribution in [-0.4, -0.2) is 50.1 Å². The molecule has 1 amide bonds. The van der Waals surface area contributed by atoms with Gasteiger partial charge in [0, 0.05) is 48.3 Å². The number of rotatable bonds is 5. The van der Waals surface area contributed by atoms with Crippen LogP contribution in [0.1, 0.15) is 16.8 Å².